The molecule has 0 unspecified atom stereocenters. The molecule has 292 valence electrons. The quantitative estimate of drug-likeness (QED) is 0.0787. The number of amidine groups is 2. The van der Waals surface area contributed by atoms with Crippen LogP contribution in [-0.4, -0.2) is 28.5 Å². The average Bonchev–Trinajstić information content (AvgIpc) is 3.30. The molecule has 1 aliphatic rings. The zero-order valence-corrected chi connectivity index (χ0v) is 34.7. The van der Waals surface area contributed by atoms with Gasteiger partial charge in [0.2, 0.25) is 0 Å². The van der Waals surface area contributed by atoms with E-state index in [2.05, 4.69) is 219 Å². The Labute approximate surface area is 354 Å². The van der Waals surface area contributed by atoms with Gasteiger partial charge in [0.15, 0.2) is 0 Å². The van der Waals surface area contributed by atoms with Crippen LogP contribution in [0.4, 0.5) is 5.69 Å². The molecule has 8 rings (SSSR count). The highest BCUT2D eigenvalue weighted by Gasteiger charge is 2.30. The van der Waals surface area contributed by atoms with Crippen molar-refractivity contribution in [3.63, 3.8) is 0 Å². The molecule has 0 saturated carbocycles. The van der Waals surface area contributed by atoms with E-state index in [9.17, 15) is 0 Å². The molecule has 1 heterocycles. The number of benzene rings is 7. The van der Waals surface area contributed by atoms with Gasteiger partial charge in [0, 0.05) is 40.8 Å². The van der Waals surface area contributed by atoms with Gasteiger partial charge in [-0.05, 0) is 77.4 Å². The van der Waals surface area contributed by atoms with Crippen LogP contribution in [0, 0.1) is 6.92 Å². The van der Waals surface area contributed by atoms with Crippen molar-refractivity contribution in [2.45, 2.75) is 20.8 Å². The summed E-state index contributed by atoms with van der Waals surface area (Å²) in [6.45, 7) is 15.8. The molecule has 7 aromatic rings. The van der Waals surface area contributed by atoms with Crippen molar-refractivity contribution in [3.8, 4) is 11.1 Å². The second-order valence-corrected chi connectivity index (χ2v) is 14.9. The summed E-state index contributed by atoms with van der Waals surface area (Å²) in [5, 5.41) is 0. The molecule has 1 aliphatic heterocycles. The summed E-state index contributed by atoms with van der Waals surface area (Å²) >= 11 is 0. The Bertz CT molecular complexity index is 2790. The third-order valence-corrected chi connectivity index (χ3v) is 11.1. The molecule has 0 aliphatic carbocycles. The molecule has 0 saturated heterocycles. The van der Waals surface area contributed by atoms with Crippen molar-refractivity contribution in [3.05, 3.63) is 251 Å². The summed E-state index contributed by atoms with van der Waals surface area (Å²) < 4.78 is 0. The normalized spacial score (nSPS) is 13.3. The van der Waals surface area contributed by atoms with Crippen LogP contribution in [0.1, 0.15) is 58.4 Å². The van der Waals surface area contributed by atoms with Crippen molar-refractivity contribution >= 4 is 46.1 Å². The first-order valence-corrected chi connectivity index (χ1v) is 20.3. The van der Waals surface area contributed by atoms with Gasteiger partial charge in [0.1, 0.15) is 11.7 Å². The van der Waals surface area contributed by atoms with Crippen LogP contribution in [0.25, 0.3) is 39.9 Å². The van der Waals surface area contributed by atoms with Crippen LogP contribution in [0.3, 0.4) is 0 Å². The molecule has 0 radical (unpaired) electrons. The largest absolute Gasteiger partial charge is 0.299 e. The first kappa shape index (κ1) is 39.3. The van der Waals surface area contributed by atoms with Gasteiger partial charge in [-0.25, -0.2) is 4.99 Å². The van der Waals surface area contributed by atoms with Gasteiger partial charge in [-0.1, -0.05) is 195 Å². The van der Waals surface area contributed by atoms with E-state index in [-0.39, 0.29) is 0 Å². The molecule has 0 spiro atoms. The number of nitrogens with zero attached hydrogens (tertiary/aromatic N) is 4. The van der Waals surface area contributed by atoms with E-state index in [4.69, 9.17) is 16.6 Å². The molecule has 7 aromatic carbocycles. The molecule has 60 heavy (non-hydrogen) atoms. The Morgan fingerprint density at radius 2 is 1.13 bits per heavy atom. The number of aryl methyl sites for hydroxylation is 1. The standard InChI is InChI=1S/C56H48N4/c1-39-20-16-17-27-51(39)56(57-6)59(40(2)38-44-21-10-7-11-22-44)42(4)46-30-32-47(33-31-46)48-34-36-50(37-35-48)55-58-53-29-19-18-28-52(53)43(5)60(55)54(49-25-14-9-15-26-49)41(3)45-23-12-8-13-24-45/h7-38H,4-5H2,1-3,6H3/b40-38+,54-41+,57-56?. The van der Waals surface area contributed by atoms with Crippen LogP contribution in [0.5, 0.6) is 0 Å². The first-order chi connectivity index (χ1) is 29.3. The number of rotatable bonds is 10. The maximum Gasteiger partial charge on any atom is 0.145 e. The van der Waals surface area contributed by atoms with Crippen molar-refractivity contribution in [1.82, 2.24) is 9.80 Å². The molecule has 0 atom stereocenters. The van der Waals surface area contributed by atoms with E-state index in [1.165, 1.54) is 0 Å². The summed E-state index contributed by atoms with van der Waals surface area (Å²) in [6.07, 6.45) is 2.18. The molecular weight excluding hydrogens is 729 g/mol. The lowest BCUT2D eigenvalue weighted by atomic mass is 9.95. The van der Waals surface area contributed by atoms with Gasteiger partial charge >= 0.3 is 0 Å². The molecule has 0 aromatic heterocycles. The van der Waals surface area contributed by atoms with Gasteiger partial charge in [-0.3, -0.25) is 14.8 Å². The second kappa shape index (κ2) is 17.5. The van der Waals surface area contributed by atoms with Crippen molar-refractivity contribution in [2.75, 3.05) is 7.05 Å². The smallest absolute Gasteiger partial charge is 0.145 e. The fourth-order valence-corrected chi connectivity index (χ4v) is 7.92. The van der Waals surface area contributed by atoms with Crippen molar-refractivity contribution in [1.29, 1.82) is 0 Å². The lowest BCUT2D eigenvalue weighted by Gasteiger charge is -2.36. The zero-order chi connectivity index (χ0) is 41.6. The van der Waals surface area contributed by atoms with E-state index in [1.54, 1.807) is 0 Å². The van der Waals surface area contributed by atoms with E-state index < -0.39 is 0 Å². The van der Waals surface area contributed by atoms with Gasteiger partial charge in [-0.2, -0.15) is 0 Å². The van der Waals surface area contributed by atoms with Crippen LogP contribution in [0.15, 0.2) is 217 Å². The predicted molar refractivity (Wildman–Crippen MR) is 255 cm³/mol. The number of hydrogen-bond donors (Lipinski definition) is 0. The fraction of sp³-hybridized carbons (Fsp3) is 0.0714. The van der Waals surface area contributed by atoms with Crippen LogP contribution in [-0.2, 0) is 0 Å². The zero-order valence-electron chi connectivity index (χ0n) is 34.7. The van der Waals surface area contributed by atoms with Gasteiger partial charge in [0.25, 0.3) is 0 Å². The molecule has 0 fully saturated rings. The fourth-order valence-electron chi connectivity index (χ4n) is 7.92. The average molecular weight is 777 g/mol. The predicted octanol–water partition coefficient (Wildman–Crippen LogP) is 14.0. The van der Waals surface area contributed by atoms with Gasteiger partial charge in [-0.15, -0.1) is 0 Å². The molecule has 0 N–H and O–H groups in total. The second-order valence-electron chi connectivity index (χ2n) is 14.9. The Hall–Kier alpha value is -7.56. The molecule has 4 heteroatoms. The monoisotopic (exact) mass is 776 g/mol. The Morgan fingerprint density at radius 3 is 1.77 bits per heavy atom. The maximum atomic E-state index is 5.33. The number of fused-ring (bicyclic) bond motifs is 1. The van der Waals surface area contributed by atoms with E-state index >= 15 is 0 Å². The number of para-hydroxylation sites is 1. The van der Waals surface area contributed by atoms with Crippen LogP contribution < -0.4 is 0 Å². The minimum Gasteiger partial charge on any atom is -0.299 e. The third-order valence-electron chi connectivity index (χ3n) is 11.1. The minimum atomic E-state index is 0.826. The summed E-state index contributed by atoms with van der Waals surface area (Å²) in [5.74, 6) is 1.67. The Morgan fingerprint density at radius 1 is 0.600 bits per heavy atom. The van der Waals surface area contributed by atoms with Crippen molar-refractivity contribution in [2.24, 2.45) is 9.98 Å². The first-order valence-electron chi connectivity index (χ1n) is 20.3. The Kier molecular flexibility index (Phi) is 11.5. The number of allylic oxidation sites excluding steroid dienone is 2. The molecular formula is C56H48N4. The summed E-state index contributed by atoms with van der Waals surface area (Å²) in [5.41, 5.74) is 16.6. The lowest BCUT2D eigenvalue weighted by molar-refractivity contribution is 0.724. The number of hydrogen-bond acceptors (Lipinski definition) is 3. The highest BCUT2D eigenvalue weighted by atomic mass is 15.2. The Balaban J connectivity index is 1.15. The van der Waals surface area contributed by atoms with Crippen LogP contribution in [0.2, 0.25) is 0 Å². The van der Waals surface area contributed by atoms with E-state index in [0.717, 1.165) is 101 Å². The minimum absolute atomic E-state index is 0.826. The van der Waals surface area contributed by atoms with Crippen LogP contribution >= 0.6 is 0 Å². The highest BCUT2D eigenvalue weighted by Crippen LogP contribution is 2.42. The topological polar surface area (TPSA) is 31.2 Å². The summed E-state index contributed by atoms with van der Waals surface area (Å²) in [6, 6.07) is 65.4. The summed E-state index contributed by atoms with van der Waals surface area (Å²) in [4.78, 5) is 14.6. The van der Waals surface area contributed by atoms with E-state index in [1.807, 2.05) is 19.2 Å². The molecule has 0 bridgehead atoms. The molecule has 4 nitrogen and oxygen atoms in total. The molecule has 0 amide bonds. The maximum absolute atomic E-state index is 5.33. The SMILES string of the molecule is C=C(c1ccc(-c2ccc(C3=Nc4ccccc4C(=C)N3/C(=C(\C)c3ccccc3)c3ccccc3)cc2)cc1)N(C(=NC)c1ccccc1C)/C(C)=C/c1ccccc1. The van der Waals surface area contributed by atoms with Crippen molar-refractivity contribution < 1.29 is 0 Å². The van der Waals surface area contributed by atoms with E-state index in [0.29, 0.717) is 0 Å². The third kappa shape index (κ3) is 7.96. The number of aliphatic imine (C=N–C) groups is 2. The lowest BCUT2D eigenvalue weighted by Crippen LogP contribution is -2.31. The van der Waals surface area contributed by atoms with Gasteiger partial charge < -0.3 is 0 Å². The summed E-state index contributed by atoms with van der Waals surface area (Å²) in [7, 11) is 1.85. The van der Waals surface area contributed by atoms with Gasteiger partial charge in [0.05, 0.1) is 11.4 Å². The highest BCUT2D eigenvalue weighted by molar-refractivity contribution is 6.15.